The van der Waals surface area contributed by atoms with Crippen molar-refractivity contribution in [2.45, 2.75) is 44.8 Å². The van der Waals surface area contributed by atoms with Crippen LogP contribution < -0.4 is 4.74 Å². The van der Waals surface area contributed by atoms with Crippen molar-refractivity contribution < 1.29 is 9.84 Å². The van der Waals surface area contributed by atoms with Crippen LogP contribution in [-0.2, 0) is 6.61 Å². The largest absolute Gasteiger partial charge is 0.466 e. The summed E-state index contributed by atoms with van der Waals surface area (Å²) in [7, 11) is 0. The molecule has 1 aliphatic carbocycles. The standard InChI is InChI=1S/C9H14N2O2S/c12-6-8-10-11-9(14-8)13-7-4-2-1-3-5-7/h7,12H,1-6H2. The van der Waals surface area contributed by atoms with Crippen molar-refractivity contribution in [2.75, 3.05) is 0 Å². The maximum absolute atomic E-state index is 8.81. The van der Waals surface area contributed by atoms with E-state index in [0.29, 0.717) is 16.3 Å². The zero-order valence-corrected chi connectivity index (χ0v) is 8.79. The van der Waals surface area contributed by atoms with E-state index >= 15 is 0 Å². The molecule has 1 aromatic heterocycles. The van der Waals surface area contributed by atoms with Crippen LogP contribution in [0.5, 0.6) is 5.19 Å². The first-order chi connectivity index (χ1) is 6.88. The van der Waals surface area contributed by atoms with Crippen LogP contribution in [0.15, 0.2) is 0 Å². The Bertz CT molecular complexity index is 284. The highest BCUT2D eigenvalue weighted by molar-refractivity contribution is 7.13. The first kappa shape index (κ1) is 9.86. The van der Waals surface area contributed by atoms with E-state index in [9.17, 15) is 0 Å². The number of rotatable bonds is 3. The fourth-order valence-electron chi connectivity index (χ4n) is 1.68. The molecule has 0 unspecified atom stereocenters. The molecule has 0 aliphatic heterocycles. The fourth-order valence-corrected chi connectivity index (χ4v) is 2.29. The van der Waals surface area contributed by atoms with Crippen molar-refractivity contribution in [1.82, 2.24) is 10.2 Å². The molecule has 0 saturated heterocycles. The third-order valence-electron chi connectivity index (χ3n) is 2.40. The van der Waals surface area contributed by atoms with Crippen molar-refractivity contribution >= 4 is 11.3 Å². The number of hydrogen-bond donors (Lipinski definition) is 1. The lowest BCUT2D eigenvalue weighted by Crippen LogP contribution is -2.19. The second-order valence-corrected chi connectivity index (χ2v) is 4.52. The zero-order valence-electron chi connectivity index (χ0n) is 7.98. The summed E-state index contributed by atoms with van der Waals surface area (Å²) >= 11 is 1.33. The lowest BCUT2D eigenvalue weighted by Gasteiger charge is -2.20. The Kier molecular flexibility index (Phi) is 3.31. The van der Waals surface area contributed by atoms with Gasteiger partial charge >= 0.3 is 0 Å². The van der Waals surface area contributed by atoms with E-state index in [-0.39, 0.29) is 6.61 Å². The van der Waals surface area contributed by atoms with Crippen LogP contribution >= 0.6 is 11.3 Å². The van der Waals surface area contributed by atoms with E-state index in [1.54, 1.807) is 0 Å². The Morgan fingerprint density at radius 3 is 2.71 bits per heavy atom. The molecule has 0 spiro atoms. The lowest BCUT2D eigenvalue weighted by molar-refractivity contribution is 0.153. The fraction of sp³-hybridized carbons (Fsp3) is 0.778. The van der Waals surface area contributed by atoms with E-state index in [0.717, 1.165) is 12.8 Å². The summed E-state index contributed by atoms with van der Waals surface area (Å²) in [6, 6.07) is 0. The molecule has 0 atom stereocenters. The number of aliphatic hydroxyl groups is 1. The van der Waals surface area contributed by atoms with E-state index < -0.39 is 0 Å². The van der Waals surface area contributed by atoms with E-state index in [1.807, 2.05) is 0 Å². The minimum absolute atomic E-state index is 0.0499. The molecule has 0 bridgehead atoms. The number of ether oxygens (including phenoxy) is 1. The summed E-state index contributed by atoms with van der Waals surface area (Å²) < 4.78 is 5.67. The van der Waals surface area contributed by atoms with Crippen LogP contribution in [0.2, 0.25) is 0 Å². The predicted molar refractivity (Wildman–Crippen MR) is 53.3 cm³/mol. The van der Waals surface area contributed by atoms with E-state index in [4.69, 9.17) is 9.84 Å². The Labute approximate surface area is 86.9 Å². The van der Waals surface area contributed by atoms with Crippen LogP contribution in [0, 0.1) is 0 Å². The minimum atomic E-state index is -0.0499. The SMILES string of the molecule is OCc1nnc(OC2CCCCC2)s1. The molecular weight excluding hydrogens is 200 g/mol. The molecule has 1 saturated carbocycles. The Hall–Kier alpha value is -0.680. The number of hydrogen-bond acceptors (Lipinski definition) is 5. The molecule has 1 heterocycles. The minimum Gasteiger partial charge on any atom is -0.466 e. The monoisotopic (exact) mass is 214 g/mol. The average molecular weight is 214 g/mol. The highest BCUT2D eigenvalue weighted by atomic mass is 32.1. The van der Waals surface area contributed by atoms with Gasteiger partial charge in [-0.05, 0) is 25.7 Å². The number of aliphatic hydroxyl groups excluding tert-OH is 1. The van der Waals surface area contributed by atoms with Gasteiger partial charge in [-0.3, -0.25) is 0 Å². The molecule has 14 heavy (non-hydrogen) atoms. The van der Waals surface area contributed by atoms with Crippen LogP contribution in [-0.4, -0.2) is 21.4 Å². The van der Waals surface area contributed by atoms with Crippen molar-refractivity contribution in [1.29, 1.82) is 0 Å². The first-order valence-electron chi connectivity index (χ1n) is 4.98. The van der Waals surface area contributed by atoms with Crippen molar-refractivity contribution in [3.8, 4) is 5.19 Å². The molecule has 0 aromatic carbocycles. The summed E-state index contributed by atoms with van der Waals surface area (Å²) in [6.45, 7) is -0.0499. The molecule has 0 radical (unpaired) electrons. The van der Waals surface area contributed by atoms with E-state index in [2.05, 4.69) is 10.2 Å². The Morgan fingerprint density at radius 2 is 2.07 bits per heavy atom. The van der Waals surface area contributed by atoms with Crippen LogP contribution in [0.1, 0.15) is 37.1 Å². The van der Waals surface area contributed by atoms with Gasteiger partial charge in [-0.25, -0.2) is 0 Å². The molecule has 0 amide bonds. The maximum atomic E-state index is 8.81. The predicted octanol–water partition coefficient (Wildman–Crippen LogP) is 1.74. The van der Waals surface area contributed by atoms with Gasteiger partial charge in [0.15, 0.2) is 0 Å². The summed E-state index contributed by atoms with van der Waals surface area (Å²) in [5, 5.41) is 17.7. The van der Waals surface area contributed by atoms with Crippen molar-refractivity contribution in [3.63, 3.8) is 0 Å². The highest BCUT2D eigenvalue weighted by Gasteiger charge is 2.16. The van der Waals surface area contributed by atoms with Gasteiger partial charge in [0, 0.05) is 0 Å². The number of aromatic nitrogens is 2. The van der Waals surface area contributed by atoms with Crippen LogP contribution in [0.3, 0.4) is 0 Å². The van der Waals surface area contributed by atoms with Gasteiger partial charge in [0.05, 0.1) is 6.61 Å². The van der Waals surface area contributed by atoms with Gasteiger partial charge in [-0.1, -0.05) is 22.9 Å². The third kappa shape index (κ3) is 2.42. The summed E-state index contributed by atoms with van der Waals surface area (Å²) in [5.74, 6) is 0. The average Bonchev–Trinajstić information content (AvgIpc) is 2.67. The molecule has 1 aliphatic rings. The third-order valence-corrected chi connectivity index (χ3v) is 3.20. The molecule has 5 heteroatoms. The molecule has 2 rings (SSSR count). The second-order valence-electron chi connectivity index (χ2n) is 3.50. The zero-order chi connectivity index (χ0) is 9.80. The molecule has 1 N–H and O–H groups in total. The Morgan fingerprint density at radius 1 is 1.29 bits per heavy atom. The van der Waals surface area contributed by atoms with Crippen LogP contribution in [0.25, 0.3) is 0 Å². The molecule has 1 aromatic rings. The van der Waals surface area contributed by atoms with Gasteiger partial charge in [-0.15, -0.1) is 5.10 Å². The van der Waals surface area contributed by atoms with E-state index in [1.165, 1.54) is 30.6 Å². The lowest BCUT2D eigenvalue weighted by atomic mass is 9.98. The normalized spacial score (nSPS) is 18.4. The Balaban J connectivity index is 1.89. The van der Waals surface area contributed by atoms with Gasteiger partial charge in [0.1, 0.15) is 11.1 Å². The van der Waals surface area contributed by atoms with Crippen molar-refractivity contribution in [2.24, 2.45) is 0 Å². The molecule has 4 nitrogen and oxygen atoms in total. The molecular formula is C9H14N2O2S. The van der Waals surface area contributed by atoms with Gasteiger partial charge in [0.2, 0.25) is 0 Å². The van der Waals surface area contributed by atoms with Crippen molar-refractivity contribution in [3.05, 3.63) is 5.01 Å². The summed E-state index contributed by atoms with van der Waals surface area (Å²) in [5.41, 5.74) is 0. The topological polar surface area (TPSA) is 55.2 Å². The maximum Gasteiger partial charge on any atom is 0.294 e. The first-order valence-corrected chi connectivity index (χ1v) is 5.80. The molecule has 1 fully saturated rings. The highest BCUT2D eigenvalue weighted by Crippen LogP contribution is 2.25. The number of nitrogens with zero attached hydrogens (tertiary/aromatic N) is 2. The van der Waals surface area contributed by atoms with Gasteiger partial charge < -0.3 is 9.84 Å². The van der Waals surface area contributed by atoms with Gasteiger partial charge in [-0.2, -0.15) is 0 Å². The summed E-state index contributed by atoms with van der Waals surface area (Å²) in [6.07, 6.45) is 6.36. The second kappa shape index (κ2) is 4.70. The van der Waals surface area contributed by atoms with Crippen LogP contribution in [0.4, 0.5) is 0 Å². The summed E-state index contributed by atoms with van der Waals surface area (Å²) in [4.78, 5) is 0. The molecule has 78 valence electrons. The smallest absolute Gasteiger partial charge is 0.294 e. The van der Waals surface area contributed by atoms with Gasteiger partial charge in [0.25, 0.3) is 5.19 Å². The quantitative estimate of drug-likeness (QED) is 0.832.